The van der Waals surface area contributed by atoms with E-state index in [2.05, 4.69) is 14.8 Å². The first-order valence-electron chi connectivity index (χ1n) is 8.87. The molecule has 1 fully saturated rings. The molecule has 1 aromatic heterocycles. The average molecular weight is 420 g/mol. The lowest BCUT2D eigenvalue weighted by molar-refractivity contribution is 0.0953. The van der Waals surface area contributed by atoms with Gasteiger partial charge >= 0.3 is 0 Å². The zero-order valence-corrected chi connectivity index (χ0v) is 17.0. The molecule has 2 aromatic carbocycles. The van der Waals surface area contributed by atoms with Crippen molar-refractivity contribution < 1.29 is 4.74 Å². The molecule has 0 radical (unpaired) electrons. The van der Waals surface area contributed by atoms with E-state index in [-0.39, 0.29) is 6.10 Å². The molecule has 4 nitrogen and oxygen atoms in total. The summed E-state index contributed by atoms with van der Waals surface area (Å²) in [6.45, 7) is 1.57. The van der Waals surface area contributed by atoms with Crippen molar-refractivity contribution in [2.75, 3.05) is 6.61 Å². The molecule has 7 heteroatoms. The standard InChI is InChI=1S/C20H19Cl2N3OS/c21-16-9-7-14(8-10-16)19-23-24-20(25(19)12-17-5-3-11-26-17)27-13-15-4-1-2-6-18(15)22/h1-2,4,6-10,17H,3,5,11-13H2. The molecule has 0 N–H and O–H groups in total. The molecule has 4 rings (SSSR count). The number of rotatable bonds is 6. The summed E-state index contributed by atoms with van der Waals surface area (Å²) < 4.78 is 8.00. The van der Waals surface area contributed by atoms with Crippen LogP contribution in [0.3, 0.4) is 0 Å². The molecule has 1 unspecified atom stereocenters. The van der Waals surface area contributed by atoms with E-state index in [4.69, 9.17) is 27.9 Å². The summed E-state index contributed by atoms with van der Waals surface area (Å²) in [4.78, 5) is 0. The third kappa shape index (κ3) is 4.49. The molecule has 2 heterocycles. The highest BCUT2D eigenvalue weighted by Crippen LogP contribution is 2.30. The lowest BCUT2D eigenvalue weighted by atomic mass is 10.2. The summed E-state index contributed by atoms with van der Waals surface area (Å²) >= 11 is 14.0. The van der Waals surface area contributed by atoms with Crippen molar-refractivity contribution in [2.24, 2.45) is 0 Å². The zero-order chi connectivity index (χ0) is 18.6. The van der Waals surface area contributed by atoms with Gasteiger partial charge in [-0.3, -0.25) is 4.57 Å². The average Bonchev–Trinajstić information content (AvgIpc) is 3.33. The normalized spacial score (nSPS) is 16.7. The second kappa shape index (κ2) is 8.65. The maximum absolute atomic E-state index is 6.29. The lowest BCUT2D eigenvalue weighted by Crippen LogP contribution is -2.16. The number of hydrogen-bond acceptors (Lipinski definition) is 4. The van der Waals surface area contributed by atoms with Gasteiger partial charge in [-0.2, -0.15) is 0 Å². The van der Waals surface area contributed by atoms with E-state index < -0.39 is 0 Å². The van der Waals surface area contributed by atoms with Gasteiger partial charge in [-0.05, 0) is 48.7 Å². The van der Waals surface area contributed by atoms with E-state index >= 15 is 0 Å². The van der Waals surface area contributed by atoms with E-state index in [9.17, 15) is 0 Å². The minimum atomic E-state index is 0.201. The zero-order valence-electron chi connectivity index (χ0n) is 14.6. The molecule has 1 aliphatic rings. The fourth-order valence-corrected chi connectivity index (χ4v) is 4.48. The molecule has 0 amide bonds. The molecule has 0 bridgehead atoms. The van der Waals surface area contributed by atoms with Gasteiger partial charge in [-0.25, -0.2) is 0 Å². The third-order valence-electron chi connectivity index (χ3n) is 4.54. The van der Waals surface area contributed by atoms with Crippen LogP contribution >= 0.6 is 35.0 Å². The lowest BCUT2D eigenvalue weighted by Gasteiger charge is -2.15. The molecule has 0 aliphatic carbocycles. The molecule has 3 aromatic rings. The van der Waals surface area contributed by atoms with Crippen LogP contribution in [0.5, 0.6) is 0 Å². The number of halogens is 2. The first-order chi connectivity index (χ1) is 13.2. The highest BCUT2D eigenvalue weighted by Gasteiger charge is 2.22. The summed E-state index contributed by atoms with van der Waals surface area (Å²) in [7, 11) is 0. The summed E-state index contributed by atoms with van der Waals surface area (Å²) in [6.07, 6.45) is 2.37. The van der Waals surface area contributed by atoms with Gasteiger partial charge in [0.25, 0.3) is 0 Å². The first-order valence-corrected chi connectivity index (χ1v) is 10.6. The van der Waals surface area contributed by atoms with Crippen molar-refractivity contribution in [1.82, 2.24) is 14.8 Å². The van der Waals surface area contributed by atoms with Crippen LogP contribution in [0.4, 0.5) is 0 Å². The van der Waals surface area contributed by atoms with Crippen molar-refractivity contribution in [3.05, 3.63) is 64.1 Å². The highest BCUT2D eigenvalue weighted by molar-refractivity contribution is 7.98. The van der Waals surface area contributed by atoms with Gasteiger partial charge in [0.15, 0.2) is 11.0 Å². The molecule has 1 aliphatic heterocycles. The van der Waals surface area contributed by atoms with Gasteiger partial charge in [0, 0.05) is 28.0 Å². The minimum absolute atomic E-state index is 0.201. The molecule has 140 valence electrons. The second-order valence-corrected chi connectivity index (χ2v) is 8.22. The molecule has 0 saturated carbocycles. The van der Waals surface area contributed by atoms with Crippen molar-refractivity contribution >= 4 is 35.0 Å². The predicted molar refractivity (Wildman–Crippen MR) is 110 cm³/mol. The Bertz CT molecular complexity index is 908. The molecule has 27 heavy (non-hydrogen) atoms. The van der Waals surface area contributed by atoms with Crippen LogP contribution in [0.1, 0.15) is 18.4 Å². The molecular formula is C20H19Cl2N3OS. The minimum Gasteiger partial charge on any atom is -0.376 e. The van der Waals surface area contributed by atoms with E-state index in [0.717, 1.165) is 58.9 Å². The summed E-state index contributed by atoms with van der Waals surface area (Å²) in [6, 6.07) is 15.6. The van der Waals surface area contributed by atoms with E-state index in [1.165, 1.54) is 0 Å². The first kappa shape index (κ1) is 18.8. The van der Waals surface area contributed by atoms with E-state index in [0.29, 0.717) is 5.02 Å². The van der Waals surface area contributed by atoms with Crippen LogP contribution in [0, 0.1) is 0 Å². The Kier molecular flexibility index (Phi) is 6.03. The highest BCUT2D eigenvalue weighted by atomic mass is 35.5. The number of aromatic nitrogens is 3. The Hall–Kier alpha value is -1.53. The Morgan fingerprint density at radius 3 is 2.63 bits per heavy atom. The number of nitrogens with zero attached hydrogens (tertiary/aromatic N) is 3. The van der Waals surface area contributed by atoms with Gasteiger partial charge in [0.05, 0.1) is 12.6 Å². The van der Waals surface area contributed by atoms with Crippen LogP contribution in [0.15, 0.2) is 53.7 Å². The van der Waals surface area contributed by atoms with Gasteiger partial charge in [0.2, 0.25) is 0 Å². The van der Waals surface area contributed by atoms with Gasteiger partial charge in [0.1, 0.15) is 0 Å². The largest absolute Gasteiger partial charge is 0.376 e. The van der Waals surface area contributed by atoms with Crippen LogP contribution < -0.4 is 0 Å². The molecule has 0 spiro atoms. The van der Waals surface area contributed by atoms with Gasteiger partial charge in [-0.15, -0.1) is 10.2 Å². The predicted octanol–water partition coefficient (Wildman–Crippen LogP) is 5.72. The van der Waals surface area contributed by atoms with Crippen molar-refractivity contribution in [3.63, 3.8) is 0 Å². The van der Waals surface area contributed by atoms with Gasteiger partial charge in [-0.1, -0.05) is 53.2 Å². The smallest absolute Gasteiger partial charge is 0.191 e. The Morgan fingerprint density at radius 2 is 1.89 bits per heavy atom. The Morgan fingerprint density at radius 1 is 1.07 bits per heavy atom. The van der Waals surface area contributed by atoms with Crippen LogP contribution in [0.25, 0.3) is 11.4 Å². The Labute approximate surface area is 172 Å². The van der Waals surface area contributed by atoms with Crippen molar-refractivity contribution in [1.29, 1.82) is 0 Å². The number of ether oxygens (including phenoxy) is 1. The number of thioether (sulfide) groups is 1. The summed E-state index contributed by atoms with van der Waals surface area (Å²) in [5, 5.41) is 11.2. The SMILES string of the molecule is Clc1ccc(-c2nnc(SCc3ccccc3Cl)n2CC2CCCO2)cc1. The van der Waals surface area contributed by atoms with Crippen LogP contribution in [-0.4, -0.2) is 27.5 Å². The number of benzene rings is 2. The topological polar surface area (TPSA) is 39.9 Å². The quantitative estimate of drug-likeness (QED) is 0.478. The monoisotopic (exact) mass is 419 g/mol. The summed E-state index contributed by atoms with van der Waals surface area (Å²) in [5.41, 5.74) is 2.08. The number of hydrogen-bond donors (Lipinski definition) is 0. The van der Waals surface area contributed by atoms with E-state index in [1.807, 2.05) is 48.5 Å². The van der Waals surface area contributed by atoms with Crippen LogP contribution in [0.2, 0.25) is 10.0 Å². The van der Waals surface area contributed by atoms with Crippen molar-refractivity contribution in [3.8, 4) is 11.4 Å². The maximum Gasteiger partial charge on any atom is 0.191 e. The van der Waals surface area contributed by atoms with Crippen LogP contribution in [-0.2, 0) is 17.0 Å². The Balaban J connectivity index is 1.61. The fourth-order valence-electron chi connectivity index (χ4n) is 3.12. The second-order valence-electron chi connectivity index (χ2n) is 6.44. The van der Waals surface area contributed by atoms with E-state index in [1.54, 1.807) is 11.8 Å². The maximum atomic E-state index is 6.29. The van der Waals surface area contributed by atoms with Crippen molar-refractivity contribution in [2.45, 2.75) is 36.4 Å². The fraction of sp³-hybridized carbons (Fsp3) is 0.300. The van der Waals surface area contributed by atoms with Gasteiger partial charge < -0.3 is 4.74 Å². The molecule has 1 saturated heterocycles. The molecule has 1 atom stereocenters. The third-order valence-corrected chi connectivity index (χ3v) is 6.18. The summed E-state index contributed by atoms with van der Waals surface area (Å²) in [5.74, 6) is 1.58. The molecular weight excluding hydrogens is 401 g/mol.